The zero-order valence-electron chi connectivity index (χ0n) is 14.7. The van der Waals surface area contributed by atoms with Gasteiger partial charge in [0.25, 0.3) is 0 Å². The second-order valence-corrected chi connectivity index (χ2v) is 10.2. The van der Waals surface area contributed by atoms with Crippen molar-refractivity contribution in [2.75, 3.05) is 24.7 Å². The molecule has 0 aromatic heterocycles. The zero-order valence-corrected chi connectivity index (χ0v) is 17.8. The van der Waals surface area contributed by atoms with Gasteiger partial charge in [0.05, 0.1) is 17.6 Å². The third kappa shape index (κ3) is 5.95. The summed E-state index contributed by atoms with van der Waals surface area (Å²) in [4.78, 5) is 4.72. The van der Waals surface area contributed by atoms with Crippen LogP contribution >= 0.6 is 24.0 Å². The Hall–Kier alpha value is -0.0900. The van der Waals surface area contributed by atoms with Crippen molar-refractivity contribution in [3.05, 3.63) is 0 Å². The molecule has 0 aromatic carbocycles. The highest BCUT2D eigenvalue weighted by molar-refractivity contribution is 14.0. The predicted molar refractivity (Wildman–Crippen MR) is 109 cm³/mol. The Morgan fingerprint density at radius 3 is 2.44 bits per heavy atom. The van der Waals surface area contributed by atoms with Crippen LogP contribution in [0.4, 0.5) is 0 Å². The van der Waals surface area contributed by atoms with Crippen molar-refractivity contribution in [1.82, 2.24) is 10.6 Å². The number of aliphatic imine (C=N–C) groups is 1. The van der Waals surface area contributed by atoms with Gasteiger partial charge in [0.15, 0.2) is 15.8 Å². The molecule has 3 unspecified atom stereocenters. The first-order chi connectivity index (χ1) is 11.6. The van der Waals surface area contributed by atoms with E-state index in [9.17, 15) is 8.42 Å². The van der Waals surface area contributed by atoms with Gasteiger partial charge in [-0.2, -0.15) is 0 Å². The van der Waals surface area contributed by atoms with Crippen LogP contribution in [0.1, 0.15) is 44.9 Å². The Morgan fingerprint density at radius 2 is 1.80 bits per heavy atom. The molecule has 0 radical (unpaired) electrons. The molecule has 144 valence electrons. The SMILES string of the molecule is I.O=S1(=O)CCC(CN=C(NC2CC2)NC2CCOC(C3CC3)C2)C1. The largest absolute Gasteiger partial charge is 0.378 e. The quantitative estimate of drug-likeness (QED) is 0.354. The molecule has 6 nitrogen and oxygen atoms in total. The second-order valence-electron chi connectivity index (χ2n) is 7.99. The summed E-state index contributed by atoms with van der Waals surface area (Å²) in [6.07, 6.45) is 8.29. The van der Waals surface area contributed by atoms with E-state index >= 15 is 0 Å². The molecule has 2 heterocycles. The number of ether oxygens (including phenoxy) is 1. The van der Waals surface area contributed by atoms with Crippen LogP contribution in [0.2, 0.25) is 0 Å². The fourth-order valence-electron chi connectivity index (χ4n) is 3.74. The number of hydrogen-bond donors (Lipinski definition) is 2. The van der Waals surface area contributed by atoms with Gasteiger partial charge in [0, 0.05) is 25.2 Å². The lowest BCUT2D eigenvalue weighted by Crippen LogP contribution is -2.48. The molecular weight excluding hydrogens is 453 g/mol. The van der Waals surface area contributed by atoms with E-state index in [4.69, 9.17) is 9.73 Å². The average Bonchev–Trinajstić information content (AvgIpc) is 3.44. The van der Waals surface area contributed by atoms with Gasteiger partial charge in [-0.3, -0.25) is 4.99 Å². The fraction of sp³-hybridized carbons (Fsp3) is 0.941. The number of hydrogen-bond acceptors (Lipinski definition) is 4. The van der Waals surface area contributed by atoms with E-state index in [1.54, 1.807) is 0 Å². The maximum atomic E-state index is 11.6. The zero-order chi connectivity index (χ0) is 16.6. The van der Waals surface area contributed by atoms with Crippen LogP contribution in [-0.2, 0) is 14.6 Å². The van der Waals surface area contributed by atoms with Gasteiger partial charge >= 0.3 is 0 Å². The summed E-state index contributed by atoms with van der Waals surface area (Å²) in [5.41, 5.74) is 0. The monoisotopic (exact) mass is 483 g/mol. The number of nitrogens with one attached hydrogen (secondary N) is 2. The van der Waals surface area contributed by atoms with Gasteiger partial charge in [0.1, 0.15) is 0 Å². The van der Waals surface area contributed by atoms with Gasteiger partial charge < -0.3 is 15.4 Å². The smallest absolute Gasteiger partial charge is 0.191 e. The van der Waals surface area contributed by atoms with E-state index in [1.165, 1.54) is 25.7 Å². The lowest BCUT2D eigenvalue weighted by atomic mass is 10.0. The highest BCUT2D eigenvalue weighted by Crippen LogP contribution is 2.38. The molecule has 2 saturated heterocycles. The molecule has 0 spiro atoms. The molecule has 8 heteroatoms. The highest BCUT2D eigenvalue weighted by atomic mass is 127. The standard InChI is InChI=1S/C17H29N3O3S.HI/c21-24(22)8-6-12(11-24)10-18-17(19-14-3-4-14)20-15-5-7-23-16(9-15)13-1-2-13;/h12-16H,1-11H2,(H2,18,19,20);1H. The Bertz CT molecular complexity index is 590. The summed E-state index contributed by atoms with van der Waals surface area (Å²) >= 11 is 0. The van der Waals surface area contributed by atoms with Crippen LogP contribution in [0.3, 0.4) is 0 Å². The Kier molecular flexibility index (Phi) is 6.52. The summed E-state index contributed by atoms with van der Waals surface area (Å²) in [5, 5.41) is 7.09. The molecule has 4 rings (SSSR count). The van der Waals surface area contributed by atoms with Crippen LogP contribution in [-0.4, -0.2) is 57.2 Å². The number of rotatable bonds is 5. The lowest BCUT2D eigenvalue weighted by Gasteiger charge is -2.31. The first-order valence-corrected chi connectivity index (χ1v) is 11.3. The summed E-state index contributed by atoms with van der Waals surface area (Å²) in [5.74, 6) is 2.46. The Balaban J connectivity index is 0.00000182. The maximum absolute atomic E-state index is 11.6. The molecule has 3 atom stereocenters. The third-order valence-corrected chi connectivity index (χ3v) is 7.39. The number of nitrogens with zero attached hydrogens (tertiary/aromatic N) is 1. The first kappa shape index (κ1) is 19.7. The molecule has 0 bridgehead atoms. The number of sulfone groups is 1. The van der Waals surface area contributed by atoms with Crippen molar-refractivity contribution in [1.29, 1.82) is 0 Å². The van der Waals surface area contributed by atoms with Crippen molar-refractivity contribution in [2.45, 2.75) is 63.1 Å². The van der Waals surface area contributed by atoms with Crippen LogP contribution in [0, 0.1) is 11.8 Å². The van der Waals surface area contributed by atoms with E-state index in [1.807, 2.05) is 0 Å². The van der Waals surface area contributed by atoms with E-state index in [0.717, 1.165) is 37.7 Å². The summed E-state index contributed by atoms with van der Waals surface area (Å²) in [6, 6.07) is 0.962. The van der Waals surface area contributed by atoms with E-state index < -0.39 is 9.84 Å². The molecule has 4 fully saturated rings. The van der Waals surface area contributed by atoms with Crippen LogP contribution in [0.25, 0.3) is 0 Å². The van der Waals surface area contributed by atoms with Crippen LogP contribution in [0.5, 0.6) is 0 Å². The molecule has 4 aliphatic rings. The fourth-order valence-corrected chi connectivity index (χ4v) is 5.59. The molecule has 2 aliphatic heterocycles. The second kappa shape index (κ2) is 8.29. The Labute approximate surface area is 167 Å². The topological polar surface area (TPSA) is 79.8 Å². The summed E-state index contributed by atoms with van der Waals surface area (Å²) in [6.45, 7) is 1.44. The van der Waals surface area contributed by atoms with Gasteiger partial charge in [-0.1, -0.05) is 0 Å². The summed E-state index contributed by atoms with van der Waals surface area (Å²) < 4.78 is 29.1. The number of halogens is 1. The molecule has 0 amide bonds. The van der Waals surface area contributed by atoms with Gasteiger partial charge in [-0.05, 0) is 56.8 Å². The molecular formula is C17H30IN3O3S. The Morgan fingerprint density at radius 1 is 1.04 bits per heavy atom. The van der Waals surface area contributed by atoms with Crippen LogP contribution in [0.15, 0.2) is 4.99 Å². The minimum atomic E-state index is -2.82. The van der Waals surface area contributed by atoms with E-state index in [-0.39, 0.29) is 29.9 Å². The molecule has 25 heavy (non-hydrogen) atoms. The van der Waals surface area contributed by atoms with Crippen molar-refractivity contribution < 1.29 is 13.2 Å². The van der Waals surface area contributed by atoms with Crippen molar-refractivity contribution in [2.24, 2.45) is 16.8 Å². The lowest BCUT2D eigenvalue weighted by molar-refractivity contribution is -0.00826. The third-order valence-electron chi connectivity index (χ3n) is 5.56. The minimum absolute atomic E-state index is 0. The van der Waals surface area contributed by atoms with E-state index in [0.29, 0.717) is 36.2 Å². The van der Waals surface area contributed by atoms with Crippen molar-refractivity contribution >= 4 is 39.8 Å². The predicted octanol–water partition coefficient (Wildman–Crippen LogP) is 1.69. The van der Waals surface area contributed by atoms with Crippen LogP contribution < -0.4 is 10.6 Å². The normalized spacial score (nSPS) is 35.0. The van der Waals surface area contributed by atoms with E-state index in [2.05, 4.69) is 10.6 Å². The molecule has 2 saturated carbocycles. The first-order valence-electron chi connectivity index (χ1n) is 9.47. The van der Waals surface area contributed by atoms with Crippen molar-refractivity contribution in [3.63, 3.8) is 0 Å². The van der Waals surface area contributed by atoms with Crippen molar-refractivity contribution in [3.8, 4) is 0 Å². The molecule has 0 aromatic rings. The molecule has 2 N–H and O–H groups in total. The number of guanidine groups is 1. The van der Waals surface area contributed by atoms with Gasteiger partial charge in [-0.25, -0.2) is 8.42 Å². The minimum Gasteiger partial charge on any atom is -0.378 e. The summed E-state index contributed by atoms with van der Waals surface area (Å²) in [7, 11) is -2.82. The van der Waals surface area contributed by atoms with Gasteiger partial charge in [0.2, 0.25) is 0 Å². The highest BCUT2D eigenvalue weighted by Gasteiger charge is 2.36. The average molecular weight is 483 g/mol. The molecule has 2 aliphatic carbocycles. The van der Waals surface area contributed by atoms with Gasteiger partial charge in [-0.15, -0.1) is 24.0 Å². The maximum Gasteiger partial charge on any atom is 0.191 e.